The van der Waals surface area contributed by atoms with Crippen LogP contribution < -0.4 is 6.15 Å². The zero-order chi connectivity index (χ0) is 14.0. The topological polar surface area (TPSA) is 101 Å². The van der Waals surface area contributed by atoms with Gasteiger partial charge in [0.15, 0.2) is 0 Å². The molecule has 0 aliphatic carbocycles. The van der Waals surface area contributed by atoms with Crippen LogP contribution in [0.25, 0.3) is 0 Å². The van der Waals surface area contributed by atoms with E-state index in [0.29, 0.717) is 11.1 Å². The molecule has 0 spiro atoms. The molecule has 0 fully saturated rings. The Bertz CT molecular complexity index is 649. The van der Waals surface area contributed by atoms with Gasteiger partial charge in [-0.1, -0.05) is 42.5 Å². The van der Waals surface area contributed by atoms with Gasteiger partial charge in [-0.25, -0.2) is 0 Å². The molecule has 21 heavy (non-hydrogen) atoms. The number of aryl methyl sites for hydroxylation is 1. The standard InChI is InChI=1S/C17H16O2.H3N.H2O/c1-11-9-10-15(13(3)12(11)2)17(19)16(18)14-7-5-4-6-8-14;;/h4-10H,1-3H3;1H3;1H2. The monoisotopic (exact) mass is 287 g/mol. The lowest BCUT2D eigenvalue weighted by molar-refractivity contribution is 0.0816. The van der Waals surface area contributed by atoms with Crippen LogP contribution >= 0.6 is 0 Å². The molecule has 0 heterocycles. The lowest BCUT2D eigenvalue weighted by Crippen LogP contribution is -2.16. The molecule has 4 heteroatoms. The first kappa shape index (κ1) is 18.7. The molecule has 0 aliphatic rings. The van der Waals surface area contributed by atoms with E-state index < -0.39 is 11.6 Å². The summed E-state index contributed by atoms with van der Waals surface area (Å²) in [7, 11) is 0. The highest BCUT2D eigenvalue weighted by Gasteiger charge is 2.20. The molecule has 0 saturated heterocycles. The second-order valence-corrected chi connectivity index (χ2v) is 4.70. The number of rotatable bonds is 3. The first-order valence-electron chi connectivity index (χ1n) is 6.23. The Labute approximate surface area is 124 Å². The lowest BCUT2D eigenvalue weighted by atomic mass is 9.93. The normalized spacial score (nSPS) is 9.29. The highest BCUT2D eigenvalue weighted by Crippen LogP contribution is 2.19. The molecule has 5 N–H and O–H groups in total. The van der Waals surface area contributed by atoms with Crippen LogP contribution in [-0.4, -0.2) is 17.0 Å². The number of hydrogen-bond donors (Lipinski definition) is 1. The third-order valence-corrected chi connectivity index (χ3v) is 3.54. The summed E-state index contributed by atoms with van der Waals surface area (Å²) < 4.78 is 0. The average Bonchev–Trinajstić information content (AvgIpc) is 2.44. The lowest BCUT2D eigenvalue weighted by Gasteiger charge is -2.09. The summed E-state index contributed by atoms with van der Waals surface area (Å²) in [6.45, 7) is 5.85. The molecule has 112 valence electrons. The van der Waals surface area contributed by atoms with Crippen LogP contribution in [0.5, 0.6) is 0 Å². The Morgan fingerprint density at radius 1 is 0.762 bits per heavy atom. The van der Waals surface area contributed by atoms with E-state index in [1.54, 1.807) is 30.3 Å². The van der Waals surface area contributed by atoms with Crippen molar-refractivity contribution in [2.24, 2.45) is 0 Å². The van der Waals surface area contributed by atoms with Crippen molar-refractivity contribution in [2.75, 3.05) is 0 Å². The molecule has 0 bridgehead atoms. The number of carbonyl (C=O) groups is 2. The highest BCUT2D eigenvalue weighted by molar-refractivity contribution is 6.49. The third-order valence-electron chi connectivity index (χ3n) is 3.54. The average molecular weight is 287 g/mol. The second-order valence-electron chi connectivity index (χ2n) is 4.70. The molecule has 2 rings (SSSR count). The van der Waals surface area contributed by atoms with Gasteiger partial charge in [-0.3, -0.25) is 9.59 Å². The van der Waals surface area contributed by atoms with Gasteiger partial charge in [-0.05, 0) is 37.5 Å². The van der Waals surface area contributed by atoms with Crippen molar-refractivity contribution in [1.82, 2.24) is 6.15 Å². The van der Waals surface area contributed by atoms with Crippen molar-refractivity contribution in [3.8, 4) is 0 Å². The molecule has 0 aromatic heterocycles. The molecule has 0 aliphatic heterocycles. The van der Waals surface area contributed by atoms with Gasteiger partial charge in [-0.2, -0.15) is 0 Å². The van der Waals surface area contributed by atoms with E-state index in [0.717, 1.165) is 16.7 Å². The van der Waals surface area contributed by atoms with Crippen molar-refractivity contribution in [3.63, 3.8) is 0 Å². The van der Waals surface area contributed by atoms with Crippen LogP contribution in [0.2, 0.25) is 0 Å². The van der Waals surface area contributed by atoms with Gasteiger partial charge < -0.3 is 11.6 Å². The minimum absolute atomic E-state index is 0. The molecule has 0 unspecified atom stereocenters. The number of quaternary nitrogens is 1. The van der Waals surface area contributed by atoms with Crippen LogP contribution in [-0.2, 0) is 0 Å². The molecule has 2 aromatic carbocycles. The number of benzene rings is 2. The fourth-order valence-electron chi connectivity index (χ4n) is 2.05. The maximum Gasteiger partial charge on any atom is 0.233 e. The number of hydrogen-bond acceptors (Lipinski definition) is 3. The van der Waals surface area contributed by atoms with Crippen molar-refractivity contribution in [2.45, 2.75) is 20.8 Å². The van der Waals surface area contributed by atoms with Crippen LogP contribution in [0.15, 0.2) is 42.5 Å². The van der Waals surface area contributed by atoms with E-state index in [1.807, 2.05) is 32.9 Å². The van der Waals surface area contributed by atoms with E-state index in [2.05, 4.69) is 0 Å². The predicted octanol–water partition coefficient (Wildman–Crippen LogP) is 3.88. The third kappa shape index (κ3) is 3.62. The summed E-state index contributed by atoms with van der Waals surface area (Å²) in [4.78, 5) is 24.4. The Morgan fingerprint density at radius 3 is 1.90 bits per heavy atom. The fourth-order valence-corrected chi connectivity index (χ4v) is 2.05. The summed E-state index contributed by atoms with van der Waals surface area (Å²) >= 11 is 0. The van der Waals surface area contributed by atoms with Gasteiger partial charge in [-0.15, -0.1) is 0 Å². The summed E-state index contributed by atoms with van der Waals surface area (Å²) in [6, 6.07) is 12.3. The minimum Gasteiger partial charge on any atom is -0.870 e. The van der Waals surface area contributed by atoms with E-state index in [1.165, 1.54) is 0 Å². The zero-order valence-electron chi connectivity index (χ0n) is 12.8. The van der Waals surface area contributed by atoms with Crippen LogP contribution in [0.4, 0.5) is 0 Å². The second kappa shape index (κ2) is 7.47. The van der Waals surface area contributed by atoms with Gasteiger partial charge in [0.2, 0.25) is 11.6 Å². The van der Waals surface area contributed by atoms with Gasteiger partial charge in [0.25, 0.3) is 0 Å². The quantitative estimate of drug-likeness (QED) is 0.684. The van der Waals surface area contributed by atoms with Crippen LogP contribution in [0.3, 0.4) is 0 Å². The highest BCUT2D eigenvalue weighted by atomic mass is 16.2. The van der Waals surface area contributed by atoms with Gasteiger partial charge in [0, 0.05) is 11.1 Å². The molecule has 2 aromatic rings. The Kier molecular flexibility index (Phi) is 6.66. The summed E-state index contributed by atoms with van der Waals surface area (Å²) in [5, 5.41) is 0. The van der Waals surface area contributed by atoms with E-state index in [4.69, 9.17) is 0 Å². The zero-order valence-corrected chi connectivity index (χ0v) is 12.8. The van der Waals surface area contributed by atoms with E-state index in [9.17, 15) is 9.59 Å². The van der Waals surface area contributed by atoms with E-state index in [-0.39, 0.29) is 11.6 Å². The molecule has 0 saturated carbocycles. The first-order chi connectivity index (χ1) is 9.02. The summed E-state index contributed by atoms with van der Waals surface area (Å²) in [5.74, 6) is -0.890. The maximum atomic E-state index is 12.3. The Hall–Kier alpha value is -2.30. The molecular formula is C17H21NO3. The summed E-state index contributed by atoms with van der Waals surface area (Å²) in [5.41, 5.74) is 4.00. The SMILES string of the molecule is Cc1ccc(C(=O)C(=O)c2ccccc2)c(C)c1C.[NH4+].[OH-]. The van der Waals surface area contributed by atoms with Crippen molar-refractivity contribution in [1.29, 1.82) is 0 Å². The molecule has 0 amide bonds. The molecular weight excluding hydrogens is 266 g/mol. The van der Waals surface area contributed by atoms with Gasteiger partial charge in [0.05, 0.1) is 0 Å². The maximum absolute atomic E-state index is 12.3. The van der Waals surface area contributed by atoms with Crippen molar-refractivity contribution < 1.29 is 15.1 Å². The number of ketones is 2. The first-order valence-corrected chi connectivity index (χ1v) is 6.23. The van der Waals surface area contributed by atoms with E-state index >= 15 is 0 Å². The molecule has 0 radical (unpaired) electrons. The Balaban J connectivity index is 0.00000200. The van der Waals surface area contributed by atoms with Crippen molar-refractivity contribution in [3.05, 3.63) is 70.3 Å². The predicted molar refractivity (Wildman–Crippen MR) is 83.7 cm³/mol. The number of carbonyl (C=O) groups excluding carboxylic acids is 2. The smallest absolute Gasteiger partial charge is 0.233 e. The number of Topliss-reactive ketones (excluding diaryl/α,β-unsaturated/α-hetero) is 2. The summed E-state index contributed by atoms with van der Waals surface area (Å²) in [6.07, 6.45) is 0. The van der Waals surface area contributed by atoms with Crippen molar-refractivity contribution >= 4 is 11.6 Å². The fraction of sp³-hybridized carbons (Fsp3) is 0.176. The van der Waals surface area contributed by atoms with Gasteiger partial charge >= 0.3 is 0 Å². The molecule has 4 nitrogen and oxygen atoms in total. The molecule has 0 atom stereocenters. The Morgan fingerprint density at radius 2 is 1.33 bits per heavy atom. The van der Waals surface area contributed by atoms with Crippen LogP contribution in [0.1, 0.15) is 37.4 Å². The van der Waals surface area contributed by atoms with Crippen LogP contribution in [0, 0.1) is 20.8 Å². The largest absolute Gasteiger partial charge is 0.870 e. The van der Waals surface area contributed by atoms with Gasteiger partial charge in [0.1, 0.15) is 0 Å². The minimum atomic E-state index is -0.452.